The molecule has 2 heterocycles. The van der Waals surface area contributed by atoms with Crippen LogP contribution >= 0.6 is 0 Å². The predicted octanol–water partition coefficient (Wildman–Crippen LogP) is 3.72. The molecule has 0 aliphatic heterocycles. The Morgan fingerprint density at radius 2 is 1.88 bits per heavy atom. The molecule has 0 radical (unpaired) electrons. The summed E-state index contributed by atoms with van der Waals surface area (Å²) in [5.74, 6) is 0.588. The van der Waals surface area contributed by atoms with E-state index in [-0.39, 0.29) is 0 Å². The summed E-state index contributed by atoms with van der Waals surface area (Å²) in [4.78, 5) is 6.66. The lowest BCUT2D eigenvalue weighted by Crippen LogP contribution is -2.28. The van der Waals surface area contributed by atoms with Crippen molar-refractivity contribution < 1.29 is 9.52 Å². The fraction of sp³-hybridized carbons (Fsp3) is 0.250. The SMILES string of the molecule is Cc1ccc(CN(Cc2ccccc2)CC(O)c2ccco2)nc1. The first-order valence-electron chi connectivity index (χ1n) is 8.10. The summed E-state index contributed by atoms with van der Waals surface area (Å²) >= 11 is 0. The number of benzene rings is 1. The first-order chi connectivity index (χ1) is 11.7. The lowest BCUT2D eigenvalue weighted by atomic mass is 10.1. The van der Waals surface area contributed by atoms with E-state index in [2.05, 4.69) is 28.1 Å². The summed E-state index contributed by atoms with van der Waals surface area (Å²) in [6, 6.07) is 17.9. The average molecular weight is 322 g/mol. The monoisotopic (exact) mass is 322 g/mol. The van der Waals surface area contributed by atoms with E-state index in [4.69, 9.17) is 4.42 Å². The maximum Gasteiger partial charge on any atom is 0.133 e. The molecular weight excluding hydrogens is 300 g/mol. The van der Waals surface area contributed by atoms with Gasteiger partial charge in [-0.1, -0.05) is 36.4 Å². The van der Waals surface area contributed by atoms with E-state index < -0.39 is 6.10 Å². The van der Waals surface area contributed by atoms with Crippen LogP contribution in [0.15, 0.2) is 71.5 Å². The van der Waals surface area contributed by atoms with Gasteiger partial charge in [-0.3, -0.25) is 9.88 Å². The maximum atomic E-state index is 10.4. The van der Waals surface area contributed by atoms with Crippen molar-refractivity contribution in [2.45, 2.75) is 26.1 Å². The third kappa shape index (κ3) is 4.54. The van der Waals surface area contributed by atoms with Crippen LogP contribution in [0.4, 0.5) is 0 Å². The molecule has 2 aromatic heterocycles. The van der Waals surface area contributed by atoms with Gasteiger partial charge in [-0.05, 0) is 36.2 Å². The Labute approximate surface area is 142 Å². The van der Waals surface area contributed by atoms with Crippen LogP contribution in [0.3, 0.4) is 0 Å². The molecular formula is C20H22N2O2. The number of aliphatic hydroxyl groups excluding tert-OH is 1. The minimum Gasteiger partial charge on any atom is -0.467 e. The van der Waals surface area contributed by atoms with Gasteiger partial charge < -0.3 is 9.52 Å². The first kappa shape index (κ1) is 16.4. The van der Waals surface area contributed by atoms with Crippen molar-refractivity contribution in [3.05, 3.63) is 89.6 Å². The molecule has 1 N–H and O–H groups in total. The highest BCUT2D eigenvalue weighted by atomic mass is 16.4. The van der Waals surface area contributed by atoms with Crippen molar-refractivity contribution in [2.75, 3.05) is 6.54 Å². The van der Waals surface area contributed by atoms with Gasteiger partial charge in [0.25, 0.3) is 0 Å². The van der Waals surface area contributed by atoms with Gasteiger partial charge >= 0.3 is 0 Å². The van der Waals surface area contributed by atoms with Crippen LogP contribution in [0.2, 0.25) is 0 Å². The summed E-state index contributed by atoms with van der Waals surface area (Å²) in [7, 11) is 0. The topological polar surface area (TPSA) is 49.5 Å². The van der Waals surface area contributed by atoms with E-state index in [1.54, 1.807) is 18.4 Å². The largest absolute Gasteiger partial charge is 0.467 e. The fourth-order valence-electron chi connectivity index (χ4n) is 2.66. The van der Waals surface area contributed by atoms with Gasteiger partial charge in [-0.25, -0.2) is 0 Å². The third-order valence-corrected chi connectivity index (χ3v) is 3.91. The number of rotatable bonds is 7. The number of hydrogen-bond donors (Lipinski definition) is 1. The Bertz CT molecular complexity index is 724. The molecule has 3 aromatic rings. The lowest BCUT2D eigenvalue weighted by molar-refractivity contribution is 0.0867. The average Bonchev–Trinajstić information content (AvgIpc) is 3.12. The number of hydrogen-bond acceptors (Lipinski definition) is 4. The lowest BCUT2D eigenvalue weighted by Gasteiger charge is -2.24. The highest BCUT2D eigenvalue weighted by Gasteiger charge is 2.17. The summed E-state index contributed by atoms with van der Waals surface area (Å²) in [6.45, 7) is 3.93. The molecule has 4 heteroatoms. The molecule has 0 saturated carbocycles. The number of furan rings is 1. The summed E-state index contributed by atoms with van der Waals surface area (Å²) in [6.07, 6.45) is 2.80. The molecule has 0 amide bonds. The molecule has 0 fully saturated rings. The van der Waals surface area contributed by atoms with Crippen LogP contribution in [0.5, 0.6) is 0 Å². The Morgan fingerprint density at radius 1 is 1.04 bits per heavy atom. The number of nitrogens with zero attached hydrogens (tertiary/aromatic N) is 2. The summed E-state index contributed by atoms with van der Waals surface area (Å²) in [5, 5.41) is 10.4. The van der Waals surface area contributed by atoms with Crippen LogP contribution in [0.1, 0.15) is 28.7 Å². The number of aromatic nitrogens is 1. The standard InChI is InChI=1S/C20H22N2O2/c1-16-9-10-18(21-12-16)14-22(13-17-6-3-2-4-7-17)15-19(23)20-8-5-11-24-20/h2-12,19,23H,13-15H2,1H3. The predicted molar refractivity (Wildman–Crippen MR) is 93.2 cm³/mol. The van der Waals surface area contributed by atoms with Gasteiger partial charge in [0, 0.05) is 25.8 Å². The molecule has 4 nitrogen and oxygen atoms in total. The van der Waals surface area contributed by atoms with Crippen molar-refractivity contribution in [3.63, 3.8) is 0 Å². The number of aliphatic hydroxyl groups is 1. The Balaban J connectivity index is 1.73. The Morgan fingerprint density at radius 3 is 2.54 bits per heavy atom. The minimum atomic E-state index is -0.658. The summed E-state index contributed by atoms with van der Waals surface area (Å²) in [5.41, 5.74) is 3.34. The van der Waals surface area contributed by atoms with Crippen molar-refractivity contribution >= 4 is 0 Å². The van der Waals surface area contributed by atoms with Gasteiger partial charge in [-0.15, -0.1) is 0 Å². The van der Waals surface area contributed by atoms with Gasteiger partial charge in [-0.2, -0.15) is 0 Å². The molecule has 24 heavy (non-hydrogen) atoms. The zero-order valence-corrected chi connectivity index (χ0v) is 13.8. The second-order valence-electron chi connectivity index (χ2n) is 6.01. The van der Waals surface area contributed by atoms with Crippen LogP contribution in [0, 0.1) is 6.92 Å². The van der Waals surface area contributed by atoms with E-state index in [0.717, 1.165) is 17.8 Å². The molecule has 124 valence electrons. The molecule has 1 unspecified atom stereocenters. The van der Waals surface area contributed by atoms with Gasteiger partial charge in [0.1, 0.15) is 11.9 Å². The van der Waals surface area contributed by atoms with Crippen LogP contribution in [-0.2, 0) is 13.1 Å². The number of aryl methyl sites for hydroxylation is 1. The molecule has 0 saturated heterocycles. The Kier molecular flexibility index (Phi) is 5.41. The normalized spacial score (nSPS) is 12.5. The second kappa shape index (κ2) is 7.90. The Hall–Kier alpha value is -2.43. The van der Waals surface area contributed by atoms with Crippen LogP contribution < -0.4 is 0 Å². The molecule has 0 aliphatic rings. The molecule has 1 aromatic carbocycles. The van der Waals surface area contributed by atoms with E-state index in [0.29, 0.717) is 18.8 Å². The quantitative estimate of drug-likeness (QED) is 0.720. The fourth-order valence-corrected chi connectivity index (χ4v) is 2.66. The number of pyridine rings is 1. The van der Waals surface area contributed by atoms with E-state index >= 15 is 0 Å². The van der Waals surface area contributed by atoms with Crippen LogP contribution in [0.25, 0.3) is 0 Å². The maximum absolute atomic E-state index is 10.4. The van der Waals surface area contributed by atoms with Gasteiger partial charge in [0.2, 0.25) is 0 Å². The van der Waals surface area contributed by atoms with Crippen LogP contribution in [-0.4, -0.2) is 21.5 Å². The van der Waals surface area contributed by atoms with Crippen molar-refractivity contribution in [3.8, 4) is 0 Å². The first-order valence-corrected chi connectivity index (χ1v) is 8.10. The van der Waals surface area contributed by atoms with Crippen molar-refractivity contribution in [1.29, 1.82) is 0 Å². The molecule has 0 spiro atoms. The zero-order valence-electron chi connectivity index (χ0n) is 13.8. The van der Waals surface area contributed by atoms with E-state index in [1.165, 1.54) is 5.56 Å². The minimum absolute atomic E-state index is 0.484. The highest BCUT2D eigenvalue weighted by molar-refractivity contribution is 5.16. The van der Waals surface area contributed by atoms with Crippen molar-refractivity contribution in [2.24, 2.45) is 0 Å². The third-order valence-electron chi connectivity index (χ3n) is 3.91. The van der Waals surface area contributed by atoms with Crippen molar-refractivity contribution in [1.82, 2.24) is 9.88 Å². The van der Waals surface area contributed by atoms with Gasteiger partial charge in [0.05, 0.1) is 12.0 Å². The highest BCUT2D eigenvalue weighted by Crippen LogP contribution is 2.18. The van der Waals surface area contributed by atoms with E-state index in [9.17, 15) is 5.11 Å². The molecule has 3 rings (SSSR count). The molecule has 0 bridgehead atoms. The molecule has 1 atom stereocenters. The van der Waals surface area contributed by atoms with Gasteiger partial charge in [0.15, 0.2) is 0 Å². The second-order valence-corrected chi connectivity index (χ2v) is 6.01. The van der Waals surface area contributed by atoms with E-state index in [1.807, 2.05) is 37.4 Å². The summed E-state index contributed by atoms with van der Waals surface area (Å²) < 4.78 is 5.32. The zero-order chi connectivity index (χ0) is 16.8. The molecule has 0 aliphatic carbocycles. The smallest absolute Gasteiger partial charge is 0.133 e.